The van der Waals surface area contributed by atoms with Gasteiger partial charge in [-0.05, 0) is 24.9 Å². The molecular weight excluding hydrogens is 376 g/mol. The number of hydrogen-bond acceptors (Lipinski definition) is 5. The van der Waals surface area contributed by atoms with Crippen molar-refractivity contribution in [2.24, 2.45) is 0 Å². The summed E-state index contributed by atoms with van der Waals surface area (Å²) >= 11 is 0. The molecular formula is C19H24N6O2S. The van der Waals surface area contributed by atoms with E-state index in [0.717, 1.165) is 61.2 Å². The molecule has 3 heterocycles. The second-order valence-electron chi connectivity index (χ2n) is 7.28. The van der Waals surface area contributed by atoms with Crippen molar-refractivity contribution in [2.75, 3.05) is 24.1 Å². The number of hydrogen-bond donors (Lipinski definition) is 3. The summed E-state index contributed by atoms with van der Waals surface area (Å²) in [5, 5.41) is 14.4. The molecule has 8 nitrogen and oxygen atoms in total. The molecule has 0 unspecified atom stereocenters. The molecule has 3 aromatic rings. The van der Waals surface area contributed by atoms with Crippen LogP contribution in [0.1, 0.15) is 30.0 Å². The van der Waals surface area contributed by atoms with Crippen LogP contribution in [0.5, 0.6) is 0 Å². The standard InChI is InChI=1S/C19H24N6O2S/c1-28(26,27)24-17-11-21-23-19(17)15-8-5-9-25(12-15)13-16-10-20-22-18(16)14-6-3-2-4-7-14/h2-4,6-7,10-11,15,24H,5,8-9,12-13H2,1H3,(H,20,22)(H,21,23)/t15-/m1/s1. The molecule has 1 aliphatic heterocycles. The number of benzene rings is 1. The summed E-state index contributed by atoms with van der Waals surface area (Å²) in [5.41, 5.74) is 4.72. The van der Waals surface area contributed by atoms with Crippen molar-refractivity contribution in [2.45, 2.75) is 25.3 Å². The van der Waals surface area contributed by atoms with E-state index in [-0.39, 0.29) is 5.92 Å². The topological polar surface area (TPSA) is 107 Å². The smallest absolute Gasteiger partial charge is 0.229 e. The average molecular weight is 401 g/mol. The van der Waals surface area contributed by atoms with Crippen LogP contribution in [0.25, 0.3) is 11.3 Å². The van der Waals surface area contributed by atoms with Crippen molar-refractivity contribution in [3.8, 4) is 11.3 Å². The molecule has 0 spiro atoms. The van der Waals surface area contributed by atoms with E-state index in [0.29, 0.717) is 5.69 Å². The van der Waals surface area contributed by atoms with Crippen LogP contribution in [0.4, 0.5) is 5.69 Å². The van der Waals surface area contributed by atoms with Crippen molar-refractivity contribution in [3.63, 3.8) is 0 Å². The van der Waals surface area contributed by atoms with E-state index in [9.17, 15) is 8.42 Å². The van der Waals surface area contributed by atoms with Crippen molar-refractivity contribution in [1.82, 2.24) is 25.3 Å². The highest BCUT2D eigenvalue weighted by atomic mass is 32.2. The summed E-state index contributed by atoms with van der Waals surface area (Å²) in [5.74, 6) is 0.201. The number of nitrogens with one attached hydrogen (secondary N) is 3. The zero-order valence-electron chi connectivity index (χ0n) is 15.7. The summed E-state index contributed by atoms with van der Waals surface area (Å²) in [6.45, 7) is 2.62. The van der Waals surface area contributed by atoms with Gasteiger partial charge in [0.15, 0.2) is 0 Å². The van der Waals surface area contributed by atoms with Gasteiger partial charge in [0.25, 0.3) is 0 Å². The van der Waals surface area contributed by atoms with Crippen molar-refractivity contribution >= 4 is 15.7 Å². The van der Waals surface area contributed by atoms with Crippen molar-refractivity contribution < 1.29 is 8.42 Å². The minimum Gasteiger partial charge on any atom is -0.298 e. The van der Waals surface area contributed by atoms with Gasteiger partial charge in [0.2, 0.25) is 10.0 Å². The minimum atomic E-state index is -3.34. The highest BCUT2D eigenvalue weighted by Crippen LogP contribution is 2.32. The SMILES string of the molecule is CS(=O)(=O)Nc1cn[nH]c1[C@@H]1CCCN(Cc2cn[nH]c2-c2ccccc2)C1. The van der Waals surface area contributed by atoms with Crippen LogP contribution >= 0.6 is 0 Å². The lowest BCUT2D eigenvalue weighted by Gasteiger charge is -2.32. The lowest BCUT2D eigenvalue weighted by molar-refractivity contribution is 0.199. The lowest BCUT2D eigenvalue weighted by Crippen LogP contribution is -2.34. The maximum Gasteiger partial charge on any atom is 0.229 e. The van der Waals surface area contributed by atoms with E-state index in [1.165, 1.54) is 0 Å². The van der Waals surface area contributed by atoms with E-state index >= 15 is 0 Å². The number of anilines is 1. The second-order valence-corrected chi connectivity index (χ2v) is 9.03. The summed E-state index contributed by atoms with van der Waals surface area (Å²) in [6, 6.07) is 10.2. The molecule has 0 amide bonds. The van der Waals surface area contributed by atoms with E-state index < -0.39 is 10.0 Å². The van der Waals surface area contributed by atoms with Crippen molar-refractivity contribution in [3.05, 3.63) is 54.0 Å². The summed E-state index contributed by atoms with van der Waals surface area (Å²) in [7, 11) is -3.34. The number of sulfonamides is 1. The normalized spacial score (nSPS) is 18.2. The van der Waals surface area contributed by atoms with Crippen LogP contribution in [0.3, 0.4) is 0 Å². The fraction of sp³-hybridized carbons (Fsp3) is 0.368. The molecule has 4 rings (SSSR count). The van der Waals surface area contributed by atoms with Gasteiger partial charge in [0, 0.05) is 24.6 Å². The predicted molar refractivity (Wildman–Crippen MR) is 108 cm³/mol. The Morgan fingerprint density at radius 3 is 2.75 bits per heavy atom. The Hall–Kier alpha value is -2.65. The number of piperidine rings is 1. The lowest BCUT2D eigenvalue weighted by atomic mass is 9.93. The fourth-order valence-electron chi connectivity index (χ4n) is 3.85. The third-order valence-corrected chi connectivity index (χ3v) is 5.64. The van der Waals surface area contributed by atoms with Gasteiger partial charge < -0.3 is 0 Å². The largest absolute Gasteiger partial charge is 0.298 e. The molecule has 0 bridgehead atoms. The highest BCUT2D eigenvalue weighted by Gasteiger charge is 2.26. The third-order valence-electron chi connectivity index (χ3n) is 5.05. The first-order valence-corrected chi connectivity index (χ1v) is 11.2. The van der Waals surface area contributed by atoms with Crippen LogP contribution in [0, 0.1) is 0 Å². The Kier molecular flexibility index (Phi) is 5.19. The van der Waals surface area contributed by atoms with Crippen LogP contribution in [0.2, 0.25) is 0 Å². The van der Waals surface area contributed by atoms with Crippen LogP contribution in [-0.4, -0.2) is 53.1 Å². The van der Waals surface area contributed by atoms with Crippen LogP contribution < -0.4 is 4.72 Å². The Bertz CT molecular complexity index is 1030. The molecule has 1 aromatic carbocycles. The van der Waals surface area contributed by atoms with E-state index in [1.807, 2.05) is 24.4 Å². The Balaban J connectivity index is 1.49. The molecule has 0 aliphatic carbocycles. The molecule has 1 fully saturated rings. The van der Waals surface area contributed by atoms with Gasteiger partial charge in [-0.15, -0.1) is 0 Å². The molecule has 2 aromatic heterocycles. The van der Waals surface area contributed by atoms with Gasteiger partial charge in [0.05, 0.1) is 35.7 Å². The number of H-pyrrole nitrogens is 2. The zero-order chi connectivity index (χ0) is 19.6. The maximum atomic E-state index is 11.6. The number of aromatic amines is 2. The molecule has 1 saturated heterocycles. The number of likely N-dealkylation sites (tertiary alicyclic amines) is 1. The van der Waals surface area contributed by atoms with E-state index in [1.54, 1.807) is 6.20 Å². The fourth-order valence-corrected chi connectivity index (χ4v) is 4.41. The number of nitrogens with zero attached hydrogens (tertiary/aromatic N) is 3. The average Bonchev–Trinajstić information content (AvgIpc) is 3.31. The molecule has 148 valence electrons. The number of rotatable bonds is 6. The van der Waals surface area contributed by atoms with Gasteiger partial charge in [-0.25, -0.2) is 8.42 Å². The van der Waals surface area contributed by atoms with E-state index in [2.05, 4.69) is 42.1 Å². The third kappa shape index (κ3) is 4.26. The first-order chi connectivity index (χ1) is 13.5. The molecule has 1 aliphatic rings. The summed E-state index contributed by atoms with van der Waals surface area (Å²) in [4.78, 5) is 2.39. The van der Waals surface area contributed by atoms with Gasteiger partial charge in [0.1, 0.15) is 0 Å². The molecule has 0 saturated carbocycles. The predicted octanol–water partition coefficient (Wildman–Crippen LogP) is 2.55. The molecule has 0 radical (unpaired) electrons. The summed E-state index contributed by atoms with van der Waals surface area (Å²) < 4.78 is 25.8. The van der Waals surface area contributed by atoms with Gasteiger partial charge in [-0.2, -0.15) is 10.2 Å². The Morgan fingerprint density at radius 1 is 1.18 bits per heavy atom. The number of aromatic nitrogens is 4. The van der Waals surface area contributed by atoms with E-state index in [4.69, 9.17) is 0 Å². The van der Waals surface area contributed by atoms with Crippen molar-refractivity contribution in [1.29, 1.82) is 0 Å². The maximum absolute atomic E-state index is 11.6. The quantitative estimate of drug-likeness (QED) is 0.589. The Morgan fingerprint density at radius 2 is 1.96 bits per heavy atom. The Labute approximate surface area is 164 Å². The first-order valence-electron chi connectivity index (χ1n) is 9.30. The first kappa shape index (κ1) is 18.7. The molecule has 1 atom stereocenters. The van der Waals surface area contributed by atoms with Gasteiger partial charge >= 0.3 is 0 Å². The highest BCUT2D eigenvalue weighted by molar-refractivity contribution is 7.92. The van der Waals surface area contributed by atoms with Gasteiger partial charge in [-0.1, -0.05) is 30.3 Å². The van der Waals surface area contributed by atoms with Crippen LogP contribution in [-0.2, 0) is 16.6 Å². The molecule has 9 heteroatoms. The zero-order valence-corrected chi connectivity index (χ0v) is 16.5. The van der Waals surface area contributed by atoms with Gasteiger partial charge in [-0.3, -0.25) is 19.8 Å². The molecule has 3 N–H and O–H groups in total. The van der Waals surface area contributed by atoms with Crippen LogP contribution in [0.15, 0.2) is 42.7 Å². The monoisotopic (exact) mass is 400 g/mol. The second kappa shape index (κ2) is 7.76. The minimum absolute atomic E-state index is 0.201. The molecule has 28 heavy (non-hydrogen) atoms. The summed E-state index contributed by atoms with van der Waals surface area (Å²) in [6.07, 6.45) is 6.62.